The highest BCUT2D eigenvalue weighted by atomic mass is 16.5. The number of carbonyl (C=O) groups is 2. The lowest BCUT2D eigenvalue weighted by atomic mass is 9.87. The van der Waals surface area contributed by atoms with E-state index < -0.39 is 5.97 Å². The van der Waals surface area contributed by atoms with Crippen LogP contribution in [0.1, 0.15) is 35.6 Å². The van der Waals surface area contributed by atoms with Gasteiger partial charge in [0.2, 0.25) is 5.91 Å². The number of ether oxygens (including phenoxy) is 1. The molecule has 3 rings (SSSR count). The van der Waals surface area contributed by atoms with Gasteiger partial charge in [-0.1, -0.05) is 30.3 Å². The summed E-state index contributed by atoms with van der Waals surface area (Å²) in [6.07, 6.45) is 2.15. The van der Waals surface area contributed by atoms with E-state index in [2.05, 4.69) is 0 Å². The Morgan fingerprint density at radius 1 is 1.21 bits per heavy atom. The highest BCUT2D eigenvalue weighted by Crippen LogP contribution is 2.28. The molecule has 2 aromatic rings. The van der Waals surface area contributed by atoms with Gasteiger partial charge in [-0.15, -0.1) is 0 Å². The van der Waals surface area contributed by atoms with Crippen LogP contribution in [0.5, 0.6) is 5.75 Å². The van der Waals surface area contributed by atoms with Crippen molar-refractivity contribution in [2.45, 2.75) is 38.8 Å². The Bertz CT molecular complexity index is 924. The average Bonchev–Trinajstić information content (AvgIpc) is 2.70. The molecule has 0 bridgehead atoms. The van der Waals surface area contributed by atoms with Crippen molar-refractivity contribution in [2.75, 3.05) is 6.54 Å². The molecule has 29 heavy (non-hydrogen) atoms. The Labute approximate surface area is 169 Å². The molecule has 2 aromatic carbocycles. The standard InChI is InChI=1S/C22H25N3O4/c1-14(26)25(12-21(27)28)19-8-6-18-11-20(9-7-17(18)10-19)29-13-15-2-4-16(5-3-15)22(23)24/h2-5,7,9,11,19H,6,8,10,12-13H2,1H3,(H3,23,24)(H,27,28). The van der Waals surface area contributed by atoms with Gasteiger partial charge >= 0.3 is 5.97 Å². The molecule has 7 nitrogen and oxygen atoms in total. The number of rotatable bonds is 7. The lowest BCUT2D eigenvalue weighted by Crippen LogP contribution is -2.45. The van der Waals surface area contributed by atoms with Crippen LogP contribution in [-0.2, 0) is 29.0 Å². The maximum Gasteiger partial charge on any atom is 0.323 e. The third-order valence-electron chi connectivity index (χ3n) is 5.20. The fourth-order valence-corrected chi connectivity index (χ4v) is 3.66. The number of hydrogen-bond acceptors (Lipinski definition) is 4. The molecule has 0 saturated carbocycles. The Hall–Kier alpha value is -3.35. The first kappa shape index (κ1) is 20.4. The van der Waals surface area contributed by atoms with Crippen molar-refractivity contribution in [2.24, 2.45) is 5.73 Å². The van der Waals surface area contributed by atoms with Crippen LogP contribution in [-0.4, -0.2) is 40.3 Å². The summed E-state index contributed by atoms with van der Waals surface area (Å²) in [6.45, 7) is 1.56. The highest BCUT2D eigenvalue weighted by Gasteiger charge is 2.27. The number of benzene rings is 2. The molecule has 0 fully saturated rings. The van der Waals surface area contributed by atoms with Gasteiger partial charge in [0.1, 0.15) is 24.7 Å². The second kappa shape index (κ2) is 8.77. The minimum Gasteiger partial charge on any atom is -0.489 e. The average molecular weight is 395 g/mol. The van der Waals surface area contributed by atoms with Gasteiger partial charge in [0.15, 0.2) is 0 Å². The van der Waals surface area contributed by atoms with Gasteiger partial charge in [-0.05, 0) is 48.1 Å². The van der Waals surface area contributed by atoms with Crippen LogP contribution in [0.2, 0.25) is 0 Å². The van der Waals surface area contributed by atoms with Crippen LogP contribution < -0.4 is 10.5 Å². The molecule has 152 valence electrons. The molecule has 7 heteroatoms. The van der Waals surface area contributed by atoms with Crippen molar-refractivity contribution in [3.8, 4) is 5.75 Å². The van der Waals surface area contributed by atoms with Crippen LogP contribution in [0.15, 0.2) is 42.5 Å². The lowest BCUT2D eigenvalue weighted by molar-refractivity contribution is -0.145. The van der Waals surface area contributed by atoms with E-state index in [1.807, 2.05) is 30.3 Å². The summed E-state index contributed by atoms with van der Waals surface area (Å²) in [5.74, 6) is -0.397. The summed E-state index contributed by atoms with van der Waals surface area (Å²) in [5.41, 5.74) is 9.42. The number of hydrogen-bond donors (Lipinski definition) is 3. The Morgan fingerprint density at radius 2 is 1.93 bits per heavy atom. The fraction of sp³-hybridized carbons (Fsp3) is 0.318. The Balaban J connectivity index is 1.64. The topological polar surface area (TPSA) is 117 Å². The number of amidine groups is 1. The molecule has 0 saturated heterocycles. The quantitative estimate of drug-likeness (QED) is 0.491. The second-order valence-corrected chi connectivity index (χ2v) is 7.27. The number of carboxylic acids is 1. The first-order valence-corrected chi connectivity index (χ1v) is 9.50. The molecule has 1 aliphatic carbocycles. The molecular weight excluding hydrogens is 370 g/mol. The van der Waals surface area contributed by atoms with Crippen molar-refractivity contribution in [1.82, 2.24) is 4.90 Å². The lowest BCUT2D eigenvalue weighted by Gasteiger charge is -2.33. The van der Waals surface area contributed by atoms with Gasteiger partial charge < -0.3 is 20.5 Å². The summed E-state index contributed by atoms with van der Waals surface area (Å²) >= 11 is 0. The largest absolute Gasteiger partial charge is 0.489 e. The Kier molecular flexibility index (Phi) is 6.16. The molecule has 4 N–H and O–H groups in total. The number of carbonyl (C=O) groups excluding carboxylic acids is 1. The summed E-state index contributed by atoms with van der Waals surface area (Å²) < 4.78 is 5.90. The van der Waals surface area contributed by atoms with E-state index >= 15 is 0 Å². The van der Waals surface area contributed by atoms with E-state index in [1.165, 1.54) is 17.4 Å². The third kappa shape index (κ3) is 5.13. The van der Waals surface area contributed by atoms with Crippen molar-refractivity contribution < 1.29 is 19.4 Å². The zero-order chi connectivity index (χ0) is 21.0. The molecule has 0 aliphatic heterocycles. The number of amides is 1. The second-order valence-electron chi connectivity index (χ2n) is 7.27. The first-order valence-electron chi connectivity index (χ1n) is 9.50. The van der Waals surface area contributed by atoms with Gasteiger partial charge in [-0.3, -0.25) is 15.0 Å². The molecule has 1 atom stereocenters. The maximum absolute atomic E-state index is 11.8. The van der Waals surface area contributed by atoms with Gasteiger partial charge in [0, 0.05) is 18.5 Å². The zero-order valence-corrected chi connectivity index (χ0v) is 16.4. The smallest absolute Gasteiger partial charge is 0.323 e. The SMILES string of the molecule is CC(=O)N(CC(=O)O)C1CCc2cc(OCc3ccc(C(=N)N)cc3)ccc2C1. The molecule has 0 heterocycles. The van der Waals surface area contributed by atoms with Gasteiger partial charge in [-0.2, -0.15) is 0 Å². The monoisotopic (exact) mass is 395 g/mol. The molecular formula is C22H25N3O4. The molecule has 1 aliphatic rings. The van der Waals surface area contributed by atoms with Crippen LogP contribution in [0.4, 0.5) is 0 Å². The minimum atomic E-state index is -0.994. The fourth-order valence-electron chi connectivity index (χ4n) is 3.66. The van der Waals surface area contributed by atoms with Gasteiger partial charge in [0.05, 0.1) is 0 Å². The first-order chi connectivity index (χ1) is 13.8. The van der Waals surface area contributed by atoms with Crippen LogP contribution in [0.3, 0.4) is 0 Å². The highest BCUT2D eigenvalue weighted by molar-refractivity contribution is 5.94. The minimum absolute atomic E-state index is 0.0390. The van der Waals surface area contributed by atoms with Crippen LogP contribution in [0.25, 0.3) is 0 Å². The van der Waals surface area contributed by atoms with Gasteiger partial charge in [0.25, 0.3) is 0 Å². The summed E-state index contributed by atoms with van der Waals surface area (Å²) in [5, 5.41) is 16.5. The number of nitrogens with one attached hydrogen (secondary N) is 1. The van der Waals surface area contributed by atoms with E-state index in [4.69, 9.17) is 21.0 Å². The summed E-state index contributed by atoms with van der Waals surface area (Å²) in [6, 6.07) is 13.2. The number of aryl methyl sites for hydroxylation is 1. The van der Waals surface area contributed by atoms with Crippen molar-refractivity contribution in [3.05, 3.63) is 64.7 Å². The third-order valence-corrected chi connectivity index (χ3v) is 5.20. The van der Waals surface area contributed by atoms with E-state index in [0.29, 0.717) is 18.6 Å². The predicted molar refractivity (Wildman–Crippen MR) is 109 cm³/mol. The van der Waals surface area contributed by atoms with Crippen molar-refractivity contribution in [1.29, 1.82) is 5.41 Å². The summed E-state index contributed by atoms with van der Waals surface area (Å²) in [7, 11) is 0. The van der Waals surface area contributed by atoms with E-state index in [1.54, 1.807) is 12.1 Å². The van der Waals surface area contributed by atoms with E-state index in [0.717, 1.165) is 29.7 Å². The van der Waals surface area contributed by atoms with Gasteiger partial charge in [-0.25, -0.2) is 0 Å². The molecule has 0 radical (unpaired) electrons. The van der Waals surface area contributed by atoms with Crippen molar-refractivity contribution in [3.63, 3.8) is 0 Å². The van der Waals surface area contributed by atoms with Crippen LogP contribution in [0, 0.1) is 5.41 Å². The molecule has 0 spiro atoms. The van der Waals surface area contributed by atoms with Crippen LogP contribution >= 0.6 is 0 Å². The number of fused-ring (bicyclic) bond motifs is 1. The normalized spacial score (nSPS) is 15.3. The van der Waals surface area contributed by atoms with E-state index in [9.17, 15) is 9.59 Å². The number of nitrogens with zero attached hydrogens (tertiary/aromatic N) is 1. The molecule has 1 unspecified atom stereocenters. The number of aliphatic carboxylic acids is 1. The van der Waals surface area contributed by atoms with E-state index in [-0.39, 0.29) is 24.3 Å². The number of carboxylic acid groups (broad SMARTS) is 1. The molecule has 1 amide bonds. The predicted octanol–water partition coefficient (Wildman–Crippen LogP) is 2.34. The Morgan fingerprint density at radius 3 is 2.55 bits per heavy atom. The maximum atomic E-state index is 11.8. The van der Waals surface area contributed by atoms with Crippen molar-refractivity contribution >= 4 is 17.7 Å². The summed E-state index contributed by atoms with van der Waals surface area (Å²) in [4.78, 5) is 24.4. The zero-order valence-electron chi connectivity index (χ0n) is 16.4. The number of nitrogens with two attached hydrogens (primary N) is 1. The molecule has 0 aromatic heterocycles. The number of nitrogen functional groups attached to an aromatic ring is 1.